The van der Waals surface area contributed by atoms with Crippen molar-refractivity contribution in [2.75, 3.05) is 6.26 Å². The van der Waals surface area contributed by atoms with E-state index in [0.29, 0.717) is 10.8 Å². The normalized spacial score (nSPS) is 22.1. The SMILES string of the molecule is CSC1=NC(C)(c2ccccc2)C(C#N)C(O)=C1C(=O)NCc1ccco1. The van der Waals surface area contributed by atoms with Crippen LogP contribution in [-0.4, -0.2) is 22.3 Å². The average Bonchev–Trinajstić information content (AvgIpc) is 3.20. The Morgan fingerprint density at radius 3 is 2.70 bits per heavy atom. The van der Waals surface area contributed by atoms with Gasteiger partial charge in [0.2, 0.25) is 0 Å². The number of rotatable bonds is 4. The number of aliphatic imine (C=N–C) groups is 1. The third kappa shape index (κ3) is 3.49. The third-order valence-corrected chi connectivity index (χ3v) is 5.23. The van der Waals surface area contributed by atoms with Crippen molar-refractivity contribution in [2.24, 2.45) is 10.9 Å². The highest BCUT2D eigenvalue weighted by Gasteiger charge is 2.45. The number of thioether (sulfide) groups is 1. The predicted octanol–water partition coefficient (Wildman–Crippen LogP) is 3.54. The van der Waals surface area contributed by atoms with Crippen LogP contribution in [0.25, 0.3) is 0 Å². The molecule has 0 spiro atoms. The lowest BCUT2D eigenvalue weighted by Gasteiger charge is -2.35. The van der Waals surface area contributed by atoms with E-state index in [-0.39, 0.29) is 17.9 Å². The minimum Gasteiger partial charge on any atom is -0.510 e. The summed E-state index contributed by atoms with van der Waals surface area (Å²) in [5, 5.41) is 23.7. The van der Waals surface area contributed by atoms with Gasteiger partial charge in [0.05, 0.1) is 18.9 Å². The van der Waals surface area contributed by atoms with Gasteiger partial charge in [-0.1, -0.05) is 30.3 Å². The monoisotopic (exact) mass is 381 g/mol. The van der Waals surface area contributed by atoms with Crippen molar-refractivity contribution in [3.8, 4) is 6.07 Å². The molecule has 1 aromatic carbocycles. The maximum Gasteiger partial charge on any atom is 0.257 e. The number of hydrogen-bond donors (Lipinski definition) is 2. The number of benzene rings is 1. The number of dihydropyridines is 1. The minimum absolute atomic E-state index is 0.0361. The molecule has 1 aromatic heterocycles. The number of hydrogen-bond acceptors (Lipinski definition) is 6. The summed E-state index contributed by atoms with van der Waals surface area (Å²) in [4.78, 5) is 17.4. The van der Waals surface area contributed by atoms with E-state index >= 15 is 0 Å². The quantitative estimate of drug-likeness (QED) is 0.844. The van der Waals surface area contributed by atoms with Crippen LogP contribution < -0.4 is 5.32 Å². The first-order valence-corrected chi connectivity index (χ1v) is 9.56. The average molecular weight is 381 g/mol. The lowest BCUT2D eigenvalue weighted by atomic mass is 9.77. The number of aliphatic hydroxyl groups excluding tert-OH is 1. The first-order chi connectivity index (χ1) is 13.0. The highest BCUT2D eigenvalue weighted by atomic mass is 32.2. The van der Waals surface area contributed by atoms with Gasteiger partial charge in [-0.2, -0.15) is 5.26 Å². The largest absolute Gasteiger partial charge is 0.510 e. The molecule has 0 saturated carbocycles. The van der Waals surface area contributed by atoms with Crippen LogP contribution in [0.4, 0.5) is 0 Å². The number of carbonyl (C=O) groups excluding carboxylic acids is 1. The minimum atomic E-state index is -0.983. The number of furan rings is 1. The predicted molar refractivity (Wildman–Crippen MR) is 104 cm³/mol. The van der Waals surface area contributed by atoms with Crippen LogP contribution in [0.15, 0.2) is 69.5 Å². The second-order valence-electron chi connectivity index (χ2n) is 6.22. The Balaban J connectivity index is 1.97. The summed E-state index contributed by atoms with van der Waals surface area (Å²) in [6.07, 6.45) is 3.30. The fraction of sp³-hybridized carbons (Fsp3) is 0.250. The van der Waals surface area contributed by atoms with Crippen molar-refractivity contribution in [3.63, 3.8) is 0 Å². The van der Waals surface area contributed by atoms with E-state index in [1.54, 1.807) is 25.3 Å². The summed E-state index contributed by atoms with van der Waals surface area (Å²) < 4.78 is 5.20. The summed E-state index contributed by atoms with van der Waals surface area (Å²) in [5.41, 5.74) is -0.151. The van der Waals surface area contributed by atoms with Crippen molar-refractivity contribution >= 4 is 22.7 Å². The van der Waals surface area contributed by atoms with Crippen LogP contribution >= 0.6 is 11.8 Å². The molecule has 1 amide bonds. The fourth-order valence-electron chi connectivity index (χ4n) is 3.08. The van der Waals surface area contributed by atoms with Gasteiger partial charge in [0.15, 0.2) is 0 Å². The van der Waals surface area contributed by atoms with Crippen LogP contribution in [0.5, 0.6) is 0 Å². The Hall–Kier alpha value is -2.98. The van der Waals surface area contributed by atoms with E-state index in [1.165, 1.54) is 18.0 Å². The molecule has 2 heterocycles. The number of nitrogens with zero attached hydrogens (tertiary/aromatic N) is 2. The molecule has 0 saturated heterocycles. The molecule has 7 heteroatoms. The van der Waals surface area contributed by atoms with Gasteiger partial charge in [0.25, 0.3) is 5.91 Å². The fourth-order valence-corrected chi connectivity index (χ4v) is 3.76. The van der Waals surface area contributed by atoms with Crippen molar-refractivity contribution in [1.82, 2.24) is 5.32 Å². The summed E-state index contributed by atoms with van der Waals surface area (Å²) in [5.74, 6) is -1.14. The first kappa shape index (κ1) is 18.8. The van der Waals surface area contributed by atoms with Gasteiger partial charge >= 0.3 is 0 Å². The number of aliphatic hydroxyl groups is 1. The second-order valence-corrected chi connectivity index (χ2v) is 7.01. The molecule has 1 aliphatic rings. The van der Waals surface area contributed by atoms with E-state index in [2.05, 4.69) is 11.4 Å². The molecule has 2 unspecified atom stereocenters. The summed E-state index contributed by atoms with van der Waals surface area (Å²) in [7, 11) is 0. The number of carbonyl (C=O) groups is 1. The van der Waals surface area contributed by atoms with E-state index in [1.807, 2.05) is 30.3 Å². The Morgan fingerprint density at radius 2 is 2.11 bits per heavy atom. The zero-order valence-corrected chi connectivity index (χ0v) is 15.8. The van der Waals surface area contributed by atoms with Crippen molar-refractivity contribution < 1.29 is 14.3 Å². The second kappa shape index (κ2) is 7.72. The van der Waals surface area contributed by atoms with E-state index in [9.17, 15) is 15.2 Å². The van der Waals surface area contributed by atoms with Crippen LogP contribution in [0, 0.1) is 17.2 Å². The lowest BCUT2D eigenvalue weighted by Crippen LogP contribution is -2.40. The number of nitriles is 1. The van der Waals surface area contributed by atoms with E-state index in [0.717, 1.165) is 5.56 Å². The highest BCUT2D eigenvalue weighted by Crippen LogP contribution is 2.42. The molecule has 0 aliphatic carbocycles. The molecule has 0 fully saturated rings. The lowest BCUT2D eigenvalue weighted by molar-refractivity contribution is -0.117. The molecular formula is C20H19N3O3S. The zero-order valence-electron chi connectivity index (χ0n) is 15.0. The molecule has 1 aliphatic heterocycles. The third-order valence-electron chi connectivity index (χ3n) is 4.55. The van der Waals surface area contributed by atoms with Crippen LogP contribution in [0.3, 0.4) is 0 Å². The number of amides is 1. The molecule has 27 heavy (non-hydrogen) atoms. The first-order valence-electron chi connectivity index (χ1n) is 8.34. The van der Waals surface area contributed by atoms with Crippen molar-refractivity contribution in [1.29, 1.82) is 5.26 Å². The summed E-state index contributed by atoms with van der Waals surface area (Å²) in [6, 6.07) is 14.9. The standard InChI is InChI=1S/C20H19N3O3S/c1-20(13-7-4-3-5-8-13)15(11-21)17(24)16(19(23-20)27-2)18(25)22-12-14-9-6-10-26-14/h3-10,15,24H,12H2,1-2H3,(H,22,25). The molecule has 0 bridgehead atoms. The molecule has 6 nitrogen and oxygen atoms in total. The topological polar surface area (TPSA) is 98.6 Å². The van der Waals surface area contributed by atoms with Gasteiger partial charge < -0.3 is 14.8 Å². The molecule has 2 atom stereocenters. The molecule has 3 rings (SSSR count). The molecule has 0 radical (unpaired) electrons. The Morgan fingerprint density at radius 1 is 1.37 bits per heavy atom. The van der Waals surface area contributed by atoms with Crippen LogP contribution in [-0.2, 0) is 16.9 Å². The molecule has 2 N–H and O–H groups in total. The Kier molecular flexibility index (Phi) is 5.38. The van der Waals surface area contributed by atoms with E-state index < -0.39 is 17.4 Å². The maximum absolute atomic E-state index is 12.7. The van der Waals surface area contributed by atoms with Gasteiger partial charge in [-0.25, -0.2) is 0 Å². The summed E-state index contributed by atoms with van der Waals surface area (Å²) in [6.45, 7) is 1.97. The number of nitrogens with one attached hydrogen (secondary N) is 1. The Labute approximate surface area is 161 Å². The van der Waals surface area contributed by atoms with Crippen LogP contribution in [0.1, 0.15) is 18.2 Å². The summed E-state index contributed by atoms with van der Waals surface area (Å²) >= 11 is 1.26. The van der Waals surface area contributed by atoms with Crippen molar-refractivity contribution in [3.05, 3.63) is 71.4 Å². The Bertz CT molecular complexity index is 929. The highest BCUT2D eigenvalue weighted by molar-refractivity contribution is 8.14. The van der Waals surface area contributed by atoms with Gasteiger partial charge in [0.1, 0.15) is 33.6 Å². The molecule has 2 aromatic rings. The van der Waals surface area contributed by atoms with Gasteiger partial charge in [-0.3, -0.25) is 9.79 Å². The van der Waals surface area contributed by atoms with E-state index in [4.69, 9.17) is 9.41 Å². The van der Waals surface area contributed by atoms with Crippen LogP contribution in [0.2, 0.25) is 0 Å². The molecular weight excluding hydrogens is 362 g/mol. The zero-order chi connectivity index (χ0) is 19.4. The van der Waals surface area contributed by atoms with Gasteiger partial charge in [-0.05, 0) is 30.9 Å². The molecule has 138 valence electrons. The maximum atomic E-state index is 12.7. The van der Waals surface area contributed by atoms with Gasteiger partial charge in [0, 0.05) is 0 Å². The van der Waals surface area contributed by atoms with Crippen molar-refractivity contribution in [2.45, 2.75) is 19.0 Å². The van der Waals surface area contributed by atoms with Gasteiger partial charge in [-0.15, -0.1) is 11.8 Å². The smallest absolute Gasteiger partial charge is 0.257 e.